The van der Waals surface area contributed by atoms with E-state index in [0.29, 0.717) is 35.8 Å². The zero-order valence-electron chi connectivity index (χ0n) is 27.8. The number of phenolic OH excluding ortho intramolecular Hbond substituents is 1. The molecule has 0 radical (unpaired) electrons. The number of phenols is 1. The highest BCUT2D eigenvalue weighted by Crippen LogP contribution is 2.65. The van der Waals surface area contributed by atoms with Gasteiger partial charge in [0.1, 0.15) is 11.5 Å². The van der Waals surface area contributed by atoms with E-state index >= 15 is 0 Å². The molecule has 0 aromatic heterocycles. The summed E-state index contributed by atoms with van der Waals surface area (Å²) in [7, 11) is 1.93. The van der Waals surface area contributed by atoms with Gasteiger partial charge >= 0.3 is 5.97 Å². The second-order valence-corrected chi connectivity index (χ2v) is 14.7. The summed E-state index contributed by atoms with van der Waals surface area (Å²) in [6, 6.07) is 6.00. The van der Waals surface area contributed by atoms with Gasteiger partial charge in [0.15, 0.2) is 0 Å². The van der Waals surface area contributed by atoms with Gasteiger partial charge in [0.2, 0.25) is 5.91 Å². The fraction of sp³-hybridized carbons (Fsp3) is 0.763. The largest absolute Gasteiger partial charge is 0.508 e. The number of carbonyl (C=O) groups is 3. The Balaban J connectivity index is 1.26. The number of carbonyl (C=O) groups excluding carboxylic acids is 2. The average Bonchev–Trinajstić information content (AvgIpc) is 3.36. The molecule has 3 unspecified atom stereocenters. The van der Waals surface area contributed by atoms with E-state index in [1.54, 1.807) is 0 Å². The molecule has 6 nitrogen and oxygen atoms in total. The fourth-order valence-electron chi connectivity index (χ4n) is 9.45. The van der Waals surface area contributed by atoms with E-state index < -0.39 is 5.97 Å². The van der Waals surface area contributed by atoms with E-state index in [0.717, 1.165) is 64.3 Å². The Hall–Kier alpha value is -2.37. The smallest absolute Gasteiger partial charge is 0.303 e. The van der Waals surface area contributed by atoms with Crippen LogP contribution in [0.5, 0.6) is 5.75 Å². The van der Waals surface area contributed by atoms with Crippen molar-refractivity contribution >= 4 is 17.7 Å². The first kappa shape index (κ1) is 34.5. The zero-order valence-corrected chi connectivity index (χ0v) is 27.8. The molecule has 3 aliphatic carbocycles. The molecule has 0 heterocycles. The normalized spacial score (nSPS) is 27.3. The first-order chi connectivity index (χ1) is 21.2. The first-order valence-corrected chi connectivity index (χ1v) is 18.0. The van der Waals surface area contributed by atoms with E-state index in [2.05, 4.69) is 19.9 Å². The Morgan fingerprint density at radius 3 is 2.32 bits per heavy atom. The number of hydrogen-bond donors (Lipinski definition) is 2. The van der Waals surface area contributed by atoms with Crippen LogP contribution in [0, 0.1) is 29.1 Å². The maximum atomic E-state index is 13.2. The second kappa shape index (κ2) is 16.3. The van der Waals surface area contributed by atoms with Gasteiger partial charge in [0, 0.05) is 32.4 Å². The molecule has 0 saturated heterocycles. The summed E-state index contributed by atoms with van der Waals surface area (Å²) in [6.45, 7) is 5.38. The highest BCUT2D eigenvalue weighted by Gasteiger charge is 2.58. The molecule has 6 atom stereocenters. The predicted molar refractivity (Wildman–Crippen MR) is 176 cm³/mol. The Labute approximate surface area is 266 Å². The van der Waals surface area contributed by atoms with Crippen LogP contribution < -0.4 is 0 Å². The molecule has 2 fully saturated rings. The minimum atomic E-state index is -0.883. The lowest BCUT2D eigenvalue weighted by atomic mass is 9.51. The third-order valence-corrected chi connectivity index (χ3v) is 11.8. The van der Waals surface area contributed by atoms with Crippen LogP contribution in [-0.4, -0.2) is 46.4 Å². The van der Waals surface area contributed by atoms with Crippen molar-refractivity contribution in [1.29, 1.82) is 0 Å². The van der Waals surface area contributed by atoms with E-state index in [1.807, 2.05) is 24.1 Å². The Morgan fingerprint density at radius 1 is 0.909 bits per heavy atom. The molecule has 4 rings (SSSR count). The third kappa shape index (κ3) is 8.46. The number of rotatable bonds is 18. The predicted octanol–water partition coefficient (Wildman–Crippen LogP) is 8.68. The minimum Gasteiger partial charge on any atom is -0.508 e. The number of Topliss-reactive ketones (excluding diaryl/α,β-unsaturated/α-hetero) is 1. The van der Waals surface area contributed by atoms with Crippen molar-refractivity contribution in [3.8, 4) is 5.75 Å². The van der Waals surface area contributed by atoms with Crippen molar-refractivity contribution in [2.24, 2.45) is 29.1 Å². The van der Waals surface area contributed by atoms with E-state index in [4.69, 9.17) is 5.11 Å². The SMILES string of the molecule is CCCCN(C)C(=O)CCCCCCCCCC[C@@H]1Cc2cc(O)ccc2C2CC[C@@]3(C)C(CC[C@@H]3C(=O)CCC(=O)O)C21. The molecule has 6 heteroatoms. The van der Waals surface area contributed by atoms with Crippen LogP contribution in [0.3, 0.4) is 0 Å². The van der Waals surface area contributed by atoms with Gasteiger partial charge in [-0.25, -0.2) is 0 Å². The zero-order chi connectivity index (χ0) is 31.7. The molecule has 3 aliphatic rings. The van der Waals surface area contributed by atoms with Gasteiger partial charge in [-0.15, -0.1) is 0 Å². The number of ketones is 1. The number of aliphatic carboxylic acids is 1. The quantitative estimate of drug-likeness (QED) is 0.162. The van der Waals surface area contributed by atoms with Crippen molar-refractivity contribution in [3.63, 3.8) is 0 Å². The number of carboxylic acids is 1. The molecular weight excluding hydrogens is 550 g/mol. The molecule has 0 aliphatic heterocycles. The molecule has 2 saturated carbocycles. The van der Waals surface area contributed by atoms with Crippen LogP contribution in [-0.2, 0) is 20.8 Å². The summed E-state index contributed by atoms with van der Waals surface area (Å²) < 4.78 is 0. The molecule has 246 valence electrons. The minimum absolute atomic E-state index is 0.00486. The maximum absolute atomic E-state index is 13.2. The van der Waals surface area contributed by atoms with Crippen LogP contribution in [0.15, 0.2) is 18.2 Å². The van der Waals surface area contributed by atoms with Gasteiger partial charge in [-0.05, 0) is 104 Å². The molecule has 44 heavy (non-hydrogen) atoms. The van der Waals surface area contributed by atoms with E-state index in [-0.39, 0.29) is 35.9 Å². The number of hydrogen-bond acceptors (Lipinski definition) is 4. The molecule has 1 aromatic carbocycles. The second-order valence-electron chi connectivity index (χ2n) is 14.7. The first-order valence-electron chi connectivity index (χ1n) is 18.0. The summed E-state index contributed by atoms with van der Waals surface area (Å²) in [5.41, 5.74) is 2.71. The molecule has 0 spiro atoms. The molecule has 0 bridgehead atoms. The average molecular weight is 610 g/mol. The molecule has 1 aromatic rings. The van der Waals surface area contributed by atoms with Crippen molar-refractivity contribution < 1.29 is 24.6 Å². The van der Waals surface area contributed by atoms with Crippen LogP contribution in [0.2, 0.25) is 0 Å². The number of nitrogens with zero attached hydrogens (tertiary/aromatic N) is 1. The van der Waals surface area contributed by atoms with E-state index in [1.165, 1.54) is 56.1 Å². The fourth-order valence-corrected chi connectivity index (χ4v) is 9.45. The molecular formula is C38H59NO5. The molecule has 1 amide bonds. The Morgan fingerprint density at radius 2 is 1.61 bits per heavy atom. The third-order valence-electron chi connectivity index (χ3n) is 11.8. The van der Waals surface area contributed by atoms with Gasteiger partial charge in [0.25, 0.3) is 0 Å². The summed E-state index contributed by atoms with van der Waals surface area (Å²) >= 11 is 0. The lowest BCUT2D eigenvalue weighted by Gasteiger charge is -2.53. The van der Waals surface area contributed by atoms with Gasteiger partial charge in [-0.2, -0.15) is 0 Å². The van der Waals surface area contributed by atoms with Crippen LogP contribution in [0.25, 0.3) is 0 Å². The van der Waals surface area contributed by atoms with Gasteiger partial charge in [-0.1, -0.05) is 71.3 Å². The number of fused-ring (bicyclic) bond motifs is 5. The van der Waals surface area contributed by atoms with Crippen LogP contribution >= 0.6 is 0 Å². The van der Waals surface area contributed by atoms with Crippen molar-refractivity contribution in [2.45, 2.75) is 142 Å². The highest BCUT2D eigenvalue weighted by molar-refractivity contribution is 5.85. The summed E-state index contributed by atoms with van der Waals surface area (Å²) in [5.74, 6) is 2.06. The van der Waals surface area contributed by atoms with E-state index in [9.17, 15) is 19.5 Å². The van der Waals surface area contributed by atoms with Gasteiger partial charge in [-0.3, -0.25) is 14.4 Å². The highest BCUT2D eigenvalue weighted by atomic mass is 16.4. The van der Waals surface area contributed by atoms with Crippen molar-refractivity contribution in [1.82, 2.24) is 4.90 Å². The summed E-state index contributed by atoms with van der Waals surface area (Å²) in [5, 5.41) is 19.4. The van der Waals surface area contributed by atoms with Gasteiger partial charge in [0.05, 0.1) is 6.42 Å². The number of unbranched alkanes of at least 4 members (excludes halogenated alkanes) is 8. The Bertz CT molecular complexity index is 1120. The number of amides is 1. The van der Waals surface area contributed by atoms with Crippen molar-refractivity contribution in [2.75, 3.05) is 13.6 Å². The summed E-state index contributed by atoms with van der Waals surface area (Å²) in [4.78, 5) is 38.5. The topological polar surface area (TPSA) is 94.9 Å². The standard InChI is InChI=1S/C38H59NO5/c1-4-5-24-39(3)35(42)15-13-11-9-7-6-8-10-12-14-27-25-28-26-29(40)16-17-30(28)31-22-23-38(2)32(18-19-33(38)37(27)31)34(41)20-21-36(43)44/h16-17,26-27,31-33,37,40H,4-15,18-25H2,1-3H3,(H,43,44)/t27-,31?,32-,33?,37?,38-/m1/s1. The number of aromatic hydroxyl groups is 1. The maximum Gasteiger partial charge on any atom is 0.303 e. The number of benzene rings is 1. The lowest BCUT2D eigenvalue weighted by molar-refractivity contribution is -0.140. The van der Waals surface area contributed by atoms with Crippen LogP contribution in [0.1, 0.15) is 146 Å². The van der Waals surface area contributed by atoms with Gasteiger partial charge < -0.3 is 15.1 Å². The Kier molecular flexibility index (Phi) is 12.8. The van der Waals surface area contributed by atoms with Crippen molar-refractivity contribution in [3.05, 3.63) is 29.3 Å². The molecule has 2 N–H and O–H groups in total. The summed E-state index contributed by atoms with van der Waals surface area (Å²) in [6.07, 6.45) is 18.9. The number of carboxylic acid groups (broad SMARTS) is 1. The lowest BCUT2D eigenvalue weighted by Crippen LogP contribution is -2.47. The van der Waals surface area contributed by atoms with Crippen LogP contribution in [0.4, 0.5) is 0 Å². The monoisotopic (exact) mass is 609 g/mol.